The highest BCUT2D eigenvalue weighted by Gasteiger charge is 2.18. The second-order valence-electron chi connectivity index (χ2n) is 3.39. The van der Waals surface area contributed by atoms with Gasteiger partial charge in [-0.15, -0.1) is 0 Å². The van der Waals surface area contributed by atoms with E-state index in [9.17, 15) is 4.79 Å². The highest BCUT2D eigenvalue weighted by molar-refractivity contribution is 6.31. The van der Waals surface area contributed by atoms with Crippen molar-refractivity contribution in [1.29, 1.82) is 0 Å². The third kappa shape index (κ3) is 1.70. The van der Waals surface area contributed by atoms with Crippen LogP contribution < -0.4 is 0 Å². The highest BCUT2D eigenvalue weighted by Crippen LogP contribution is 2.30. The molecule has 78 valence electrons. The van der Waals surface area contributed by atoms with Crippen LogP contribution in [0.5, 0.6) is 0 Å². The van der Waals surface area contributed by atoms with Gasteiger partial charge in [-0.2, -0.15) is 0 Å². The summed E-state index contributed by atoms with van der Waals surface area (Å²) in [5, 5.41) is 10.3. The molecule has 3 nitrogen and oxygen atoms in total. The summed E-state index contributed by atoms with van der Waals surface area (Å²) >= 11 is 5.89. The summed E-state index contributed by atoms with van der Waals surface area (Å²) in [5.41, 5.74) is 1.20. The Balaban J connectivity index is 2.67. The summed E-state index contributed by atoms with van der Waals surface area (Å²) in [4.78, 5) is 10.9. The monoisotopic (exact) mass is 224 g/mol. The second-order valence-corrected chi connectivity index (χ2v) is 3.83. The number of hydrogen-bond donors (Lipinski definition) is 1. The standard InChI is InChI=1S/C11H9ClO3/c1-6(11(13)14)9-5-8(12)4-7-2-3-15-10(7)9/h2-6H,1H3,(H,13,14). The molecule has 1 atom stereocenters. The topological polar surface area (TPSA) is 50.4 Å². The predicted molar refractivity (Wildman–Crippen MR) is 57.3 cm³/mol. The average molecular weight is 225 g/mol. The Morgan fingerprint density at radius 1 is 1.53 bits per heavy atom. The molecule has 0 aliphatic heterocycles. The van der Waals surface area contributed by atoms with Crippen LogP contribution in [0.2, 0.25) is 5.02 Å². The molecule has 0 fully saturated rings. The van der Waals surface area contributed by atoms with Gasteiger partial charge in [-0.1, -0.05) is 11.6 Å². The molecule has 1 N–H and O–H groups in total. The average Bonchev–Trinajstić information content (AvgIpc) is 2.62. The van der Waals surface area contributed by atoms with Crippen LogP contribution in [0.25, 0.3) is 11.0 Å². The smallest absolute Gasteiger partial charge is 0.310 e. The Morgan fingerprint density at radius 2 is 2.27 bits per heavy atom. The lowest BCUT2D eigenvalue weighted by Gasteiger charge is -2.07. The molecule has 1 unspecified atom stereocenters. The number of carbonyl (C=O) groups is 1. The zero-order chi connectivity index (χ0) is 11.0. The maximum Gasteiger partial charge on any atom is 0.310 e. The molecular formula is C11H9ClO3. The van der Waals surface area contributed by atoms with Gasteiger partial charge < -0.3 is 9.52 Å². The Bertz CT molecular complexity index is 516. The maximum absolute atomic E-state index is 10.9. The molecule has 4 heteroatoms. The van der Waals surface area contributed by atoms with Crippen molar-refractivity contribution in [2.45, 2.75) is 12.8 Å². The van der Waals surface area contributed by atoms with Gasteiger partial charge in [0.25, 0.3) is 0 Å². The lowest BCUT2D eigenvalue weighted by molar-refractivity contribution is -0.138. The summed E-state index contributed by atoms with van der Waals surface area (Å²) in [6, 6.07) is 5.14. The molecule has 0 amide bonds. The molecule has 0 aliphatic rings. The van der Waals surface area contributed by atoms with Gasteiger partial charge in [0.15, 0.2) is 0 Å². The number of hydrogen-bond acceptors (Lipinski definition) is 2. The molecule has 2 rings (SSSR count). The summed E-state index contributed by atoms with van der Waals surface area (Å²) in [5.74, 6) is -1.52. The van der Waals surface area contributed by atoms with Crippen LogP contribution in [0.15, 0.2) is 28.9 Å². The molecule has 0 saturated heterocycles. The molecule has 1 aromatic carbocycles. The fourth-order valence-electron chi connectivity index (χ4n) is 1.53. The molecular weight excluding hydrogens is 216 g/mol. The largest absolute Gasteiger partial charge is 0.481 e. The van der Waals surface area contributed by atoms with Crippen LogP contribution in [0.3, 0.4) is 0 Å². The Labute approximate surface area is 91.3 Å². The second kappa shape index (κ2) is 3.59. The van der Waals surface area contributed by atoms with E-state index in [1.807, 2.05) is 0 Å². The highest BCUT2D eigenvalue weighted by atomic mass is 35.5. The van der Waals surface area contributed by atoms with E-state index in [0.29, 0.717) is 16.2 Å². The first-order valence-corrected chi connectivity index (χ1v) is 4.87. The van der Waals surface area contributed by atoms with Crippen LogP contribution in [0.1, 0.15) is 18.4 Å². The molecule has 1 heterocycles. The van der Waals surface area contributed by atoms with Crippen molar-refractivity contribution in [3.8, 4) is 0 Å². The van der Waals surface area contributed by atoms with E-state index in [-0.39, 0.29) is 0 Å². The van der Waals surface area contributed by atoms with Gasteiger partial charge in [0.2, 0.25) is 0 Å². The van der Waals surface area contributed by atoms with Crippen molar-refractivity contribution in [2.75, 3.05) is 0 Å². The minimum atomic E-state index is -0.894. The molecule has 0 aliphatic carbocycles. The van der Waals surface area contributed by atoms with E-state index in [1.165, 1.54) is 6.26 Å². The summed E-state index contributed by atoms with van der Waals surface area (Å²) in [6.07, 6.45) is 1.53. The number of fused-ring (bicyclic) bond motifs is 1. The number of furan rings is 1. The van der Waals surface area contributed by atoms with Crippen LogP contribution in [-0.2, 0) is 4.79 Å². The summed E-state index contributed by atoms with van der Waals surface area (Å²) in [6.45, 7) is 1.61. The quantitative estimate of drug-likeness (QED) is 0.852. The molecule has 2 aromatic rings. The Hall–Kier alpha value is -1.48. The van der Waals surface area contributed by atoms with E-state index in [2.05, 4.69) is 0 Å². The number of aliphatic carboxylic acids is 1. The van der Waals surface area contributed by atoms with Crippen LogP contribution in [0, 0.1) is 0 Å². The first-order chi connectivity index (χ1) is 7.09. The van der Waals surface area contributed by atoms with Gasteiger partial charge in [-0.3, -0.25) is 4.79 Å². The lowest BCUT2D eigenvalue weighted by atomic mass is 10.00. The normalized spacial score (nSPS) is 12.9. The molecule has 0 spiro atoms. The minimum Gasteiger partial charge on any atom is -0.481 e. The van der Waals surface area contributed by atoms with Gasteiger partial charge in [-0.25, -0.2) is 0 Å². The van der Waals surface area contributed by atoms with Gasteiger partial charge in [0.1, 0.15) is 5.58 Å². The number of rotatable bonds is 2. The maximum atomic E-state index is 10.9. The van der Waals surface area contributed by atoms with E-state index in [4.69, 9.17) is 21.1 Å². The Morgan fingerprint density at radius 3 is 2.93 bits per heavy atom. The molecule has 0 bridgehead atoms. The van der Waals surface area contributed by atoms with Crippen molar-refractivity contribution >= 4 is 28.5 Å². The summed E-state index contributed by atoms with van der Waals surface area (Å²) < 4.78 is 5.25. The SMILES string of the molecule is CC(C(=O)O)c1cc(Cl)cc2ccoc12. The third-order valence-corrected chi connectivity index (χ3v) is 2.60. The van der Waals surface area contributed by atoms with Crippen molar-refractivity contribution in [1.82, 2.24) is 0 Å². The predicted octanol–water partition coefficient (Wildman–Crippen LogP) is 3.27. The van der Waals surface area contributed by atoms with Crippen molar-refractivity contribution < 1.29 is 14.3 Å². The molecule has 15 heavy (non-hydrogen) atoms. The van der Waals surface area contributed by atoms with Crippen molar-refractivity contribution in [3.63, 3.8) is 0 Å². The zero-order valence-electron chi connectivity index (χ0n) is 8.03. The van der Waals surface area contributed by atoms with Crippen molar-refractivity contribution in [2.24, 2.45) is 0 Å². The number of benzene rings is 1. The number of halogens is 1. The van der Waals surface area contributed by atoms with E-state index < -0.39 is 11.9 Å². The first kappa shape index (κ1) is 10.1. The van der Waals surface area contributed by atoms with Crippen LogP contribution >= 0.6 is 11.6 Å². The van der Waals surface area contributed by atoms with Gasteiger partial charge in [-0.05, 0) is 25.1 Å². The zero-order valence-corrected chi connectivity index (χ0v) is 8.78. The molecule has 0 radical (unpaired) electrons. The van der Waals surface area contributed by atoms with Crippen LogP contribution in [-0.4, -0.2) is 11.1 Å². The fraction of sp³-hybridized carbons (Fsp3) is 0.182. The van der Waals surface area contributed by atoms with Crippen LogP contribution in [0.4, 0.5) is 0 Å². The van der Waals surface area contributed by atoms with Gasteiger partial charge in [0.05, 0.1) is 12.2 Å². The minimum absolute atomic E-state index is 0.520. The number of carboxylic acids is 1. The fourth-order valence-corrected chi connectivity index (χ4v) is 1.76. The van der Waals surface area contributed by atoms with Gasteiger partial charge >= 0.3 is 5.97 Å². The van der Waals surface area contributed by atoms with Gasteiger partial charge in [0, 0.05) is 16.0 Å². The molecule has 0 saturated carbocycles. The van der Waals surface area contributed by atoms with E-state index in [0.717, 1.165) is 5.39 Å². The number of carboxylic acid groups (broad SMARTS) is 1. The third-order valence-electron chi connectivity index (χ3n) is 2.38. The Kier molecular flexibility index (Phi) is 2.40. The first-order valence-electron chi connectivity index (χ1n) is 4.49. The lowest BCUT2D eigenvalue weighted by Crippen LogP contribution is -2.07. The van der Waals surface area contributed by atoms with E-state index >= 15 is 0 Å². The van der Waals surface area contributed by atoms with E-state index in [1.54, 1.807) is 25.1 Å². The van der Waals surface area contributed by atoms with Crippen molar-refractivity contribution in [3.05, 3.63) is 35.0 Å². The summed E-state index contributed by atoms with van der Waals surface area (Å²) in [7, 11) is 0. The molecule has 1 aromatic heterocycles.